The van der Waals surface area contributed by atoms with Crippen LogP contribution in [-0.4, -0.2) is 52.6 Å². The Labute approximate surface area is 138 Å². The molecule has 2 aromatic heterocycles. The van der Waals surface area contributed by atoms with Gasteiger partial charge in [-0.05, 0) is 6.07 Å². The summed E-state index contributed by atoms with van der Waals surface area (Å²) in [5, 5.41) is 8.12. The molecule has 1 N–H and O–H groups in total. The number of nitrogens with one attached hydrogen (secondary N) is 1. The second kappa shape index (κ2) is 6.99. The zero-order valence-corrected chi connectivity index (χ0v) is 13.7. The van der Waals surface area contributed by atoms with E-state index in [0.29, 0.717) is 41.7 Å². The molecular weight excluding hydrogens is 312 g/mol. The summed E-state index contributed by atoms with van der Waals surface area (Å²) in [4.78, 5) is 12.5. The van der Waals surface area contributed by atoms with Crippen LogP contribution in [0, 0.1) is 0 Å². The maximum Gasteiger partial charge on any atom is 0.205 e. The normalized spacial score (nSPS) is 10.6. The Hall–Kier alpha value is -3.10. The maximum atomic E-state index is 5.46. The fourth-order valence-electron chi connectivity index (χ4n) is 2.44. The number of benzene rings is 1. The lowest BCUT2D eigenvalue weighted by atomic mass is 10.2. The van der Waals surface area contributed by atoms with Crippen molar-refractivity contribution < 1.29 is 14.2 Å². The molecule has 0 amide bonds. The number of rotatable bonds is 7. The Morgan fingerprint density at radius 2 is 1.88 bits per heavy atom. The van der Waals surface area contributed by atoms with Gasteiger partial charge < -0.3 is 19.5 Å². The first-order valence-electron chi connectivity index (χ1n) is 7.28. The summed E-state index contributed by atoms with van der Waals surface area (Å²) >= 11 is 0. The molecule has 0 aliphatic heterocycles. The van der Waals surface area contributed by atoms with E-state index in [2.05, 4.69) is 25.4 Å². The molecule has 0 saturated heterocycles. The largest absolute Gasteiger partial charge is 0.493 e. The fourth-order valence-corrected chi connectivity index (χ4v) is 2.44. The Morgan fingerprint density at radius 1 is 1.04 bits per heavy atom. The minimum Gasteiger partial charge on any atom is -0.493 e. The molecule has 126 valence electrons. The monoisotopic (exact) mass is 330 g/mol. The topological polar surface area (TPSA) is 96.2 Å². The van der Waals surface area contributed by atoms with Crippen LogP contribution in [0.1, 0.15) is 0 Å². The molecular formula is C15H18N6O3. The predicted molar refractivity (Wildman–Crippen MR) is 87.7 cm³/mol. The molecule has 0 aliphatic rings. The molecule has 2 heterocycles. The molecule has 0 bridgehead atoms. The van der Waals surface area contributed by atoms with Crippen molar-refractivity contribution in [3.05, 3.63) is 25.0 Å². The van der Waals surface area contributed by atoms with Crippen molar-refractivity contribution in [2.75, 3.05) is 33.2 Å². The highest BCUT2D eigenvalue weighted by Crippen LogP contribution is 2.43. The lowest BCUT2D eigenvalue weighted by Gasteiger charge is -2.15. The van der Waals surface area contributed by atoms with E-state index < -0.39 is 0 Å². The van der Waals surface area contributed by atoms with Gasteiger partial charge in [0.15, 0.2) is 11.5 Å². The van der Waals surface area contributed by atoms with Crippen LogP contribution in [0.15, 0.2) is 25.0 Å². The summed E-state index contributed by atoms with van der Waals surface area (Å²) in [6, 6.07) is 1.83. The standard InChI is InChI=1S/C15H18N6O3/c1-22-11-6-10-12(14(24-3)13(11)23-2)18-8-19-15(10)17-4-5-21-9-16-7-20-21/h6-9H,4-5H2,1-3H3,(H,17,18,19). The number of ether oxygens (including phenoxy) is 3. The van der Waals surface area contributed by atoms with Crippen LogP contribution in [0.3, 0.4) is 0 Å². The first kappa shape index (κ1) is 15.8. The average molecular weight is 330 g/mol. The zero-order valence-electron chi connectivity index (χ0n) is 13.7. The highest BCUT2D eigenvalue weighted by atomic mass is 16.5. The van der Waals surface area contributed by atoms with Gasteiger partial charge in [0.25, 0.3) is 0 Å². The summed E-state index contributed by atoms with van der Waals surface area (Å²) < 4.78 is 18.0. The van der Waals surface area contributed by atoms with E-state index in [1.165, 1.54) is 12.7 Å². The molecule has 9 nitrogen and oxygen atoms in total. The van der Waals surface area contributed by atoms with Gasteiger partial charge in [0.2, 0.25) is 5.75 Å². The summed E-state index contributed by atoms with van der Waals surface area (Å²) in [7, 11) is 4.70. The van der Waals surface area contributed by atoms with Crippen LogP contribution in [0.4, 0.5) is 5.82 Å². The molecule has 0 atom stereocenters. The summed E-state index contributed by atoms with van der Waals surface area (Å²) in [5.74, 6) is 2.24. The third kappa shape index (κ3) is 2.87. The Balaban J connectivity index is 1.96. The van der Waals surface area contributed by atoms with Gasteiger partial charge in [0.05, 0.1) is 33.3 Å². The first-order valence-corrected chi connectivity index (χ1v) is 7.28. The van der Waals surface area contributed by atoms with Crippen molar-refractivity contribution in [1.29, 1.82) is 0 Å². The van der Waals surface area contributed by atoms with Crippen molar-refractivity contribution in [3.63, 3.8) is 0 Å². The second-order valence-corrected chi connectivity index (χ2v) is 4.85. The molecule has 0 unspecified atom stereocenters. The average Bonchev–Trinajstić information content (AvgIpc) is 3.13. The van der Waals surface area contributed by atoms with Crippen molar-refractivity contribution in [3.8, 4) is 17.2 Å². The number of fused-ring (bicyclic) bond motifs is 1. The molecule has 0 saturated carbocycles. The van der Waals surface area contributed by atoms with Crippen LogP contribution in [0.2, 0.25) is 0 Å². The van der Waals surface area contributed by atoms with E-state index in [0.717, 1.165) is 5.39 Å². The first-order chi connectivity index (χ1) is 11.8. The molecule has 0 spiro atoms. The summed E-state index contributed by atoms with van der Waals surface area (Å²) in [6.45, 7) is 1.29. The van der Waals surface area contributed by atoms with E-state index >= 15 is 0 Å². The molecule has 0 aliphatic carbocycles. The number of aromatic nitrogens is 5. The van der Waals surface area contributed by atoms with Gasteiger partial charge >= 0.3 is 0 Å². The summed E-state index contributed by atoms with van der Waals surface area (Å²) in [6.07, 6.45) is 4.65. The van der Waals surface area contributed by atoms with Crippen molar-refractivity contribution in [2.45, 2.75) is 6.54 Å². The number of hydrogen-bond acceptors (Lipinski definition) is 8. The number of hydrogen-bond donors (Lipinski definition) is 1. The maximum absolute atomic E-state index is 5.46. The van der Waals surface area contributed by atoms with Gasteiger partial charge in [-0.15, -0.1) is 0 Å². The van der Waals surface area contributed by atoms with E-state index in [1.54, 1.807) is 32.3 Å². The Bertz CT molecular complexity index is 822. The zero-order chi connectivity index (χ0) is 16.9. The minimum atomic E-state index is 0.500. The van der Waals surface area contributed by atoms with E-state index in [4.69, 9.17) is 14.2 Å². The lowest BCUT2D eigenvalue weighted by molar-refractivity contribution is 0.327. The van der Waals surface area contributed by atoms with Gasteiger partial charge in [-0.25, -0.2) is 15.0 Å². The quantitative estimate of drug-likeness (QED) is 0.694. The van der Waals surface area contributed by atoms with Crippen LogP contribution < -0.4 is 19.5 Å². The molecule has 3 rings (SSSR count). The van der Waals surface area contributed by atoms with Gasteiger partial charge in [0.1, 0.15) is 30.3 Å². The van der Waals surface area contributed by atoms with Gasteiger partial charge in [0, 0.05) is 6.54 Å². The Morgan fingerprint density at radius 3 is 2.54 bits per heavy atom. The predicted octanol–water partition coefficient (Wildman–Crippen LogP) is 1.36. The van der Waals surface area contributed by atoms with Gasteiger partial charge in [-0.1, -0.05) is 0 Å². The van der Waals surface area contributed by atoms with Gasteiger partial charge in [-0.2, -0.15) is 5.10 Å². The Kier molecular flexibility index (Phi) is 4.59. The van der Waals surface area contributed by atoms with Crippen molar-refractivity contribution >= 4 is 16.7 Å². The van der Waals surface area contributed by atoms with Crippen molar-refractivity contribution in [2.24, 2.45) is 0 Å². The van der Waals surface area contributed by atoms with Crippen LogP contribution in [0.5, 0.6) is 17.2 Å². The SMILES string of the molecule is COc1cc2c(NCCn3cncn3)ncnc2c(OC)c1OC. The number of anilines is 1. The molecule has 0 radical (unpaired) electrons. The summed E-state index contributed by atoms with van der Waals surface area (Å²) in [5.41, 5.74) is 0.647. The molecule has 24 heavy (non-hydrogen) atoms. The smallest absolute Gasteiger partial charge is 0.205 e. The van der Waals surface area contributed by atoms with Gasteiger partial charge in [-0.3, -0.25) is 4.68 Å². The fraction of sp³-hybridized carbons (Fsp3) is 0.333. The number of methoxy groups -OCH3 is 3. The van der Waals surface area contributed by atoms with Crippen LogP contribution in [0.25, 0.3) is 10.9 Å². The van der Waals surface area contributed by atoms with E-state index in [-0.39, 0.29) is 0 Å². The third-order valence-electron chi connectivity index (χ3n) is 3.53. The molecule has 1 aromatic carbocycles. The van der Waals surface area contributed by atoms with Crippen LogP contribution >= 0.6 is 0 Å². The molecule has 3 aromatic rings. The second-order valence-electron chi connectivity index (χ2n) is 4.85. The highest BCUT2D eigenvalue weighted by molar-refractivity contribution is 5.96. The van der Waals surface area contributed by atoms with Crippen LogP contribution in [-0.2, 0) is 6.54 Å². The third-order valence-corrected chi connectivity index (χ3v) is 3.53. The number of nitrogens with zero attached hydrogens (tertiary/aromatic N) is 5. The van der Waals surface area contributed by atoms with E-state index in [9.17, 15) is 0 Å². The molecule has 0 fully saturated rings. The van der Waals surface area contributed by atoms with E-state index in [1.807, 2.05) is 6.07 Å². The van der Waals surface area contributed by atoms with Crippen molar-refractivity contribution in [1.82, 2.24) is 24.7 Å². The minimum absolute atomic E-state index is 0.500. The molecule has 9 heteroatoms. The highest BCUT2D eigenvalue weighted by Gasteiger charge is 2.19. The lowest BCUT2D eigenvalue weighted by Crippen LogP contribution is -2.12.